The molecule has 0 unspecified atom stereocenters. The third-order valence-electron chi connectivity index (χ3n) is 3.86. The number of hydrogen-bond acceptors (Lipinski definition) is 7. The molecule has 1 aromatic heterocycles. The van der Waals surface area contributed by atoms with Crippen molar-refractivity contribution < 1.29 is 19.2 Å². The molecule has 0 amide bonds. The summed E-state index contributed by atoms with van der Waals surface area (Å²) in [6.07, 6.45) is 4.04. The minimum Gasteiger partial charge on any atom is -0.497 e. The van der Waals surface area contributed by atoms with Crippen LogP contribution in [0.1, 0.15) is 24.8 Å². The van der Waals surface area contributed by atoms with Crippen molar-refractivity contribution in [3.8, 4) is 5.75 Å². The lowest BCUT2D eigenvalue weighted by atomic mass is 10.1. The number of rotatable bonds is 11. The van der Waals surface area contributed by atoms with Gasteiger partial charge in [0.1, 0.15) is 17.8 Å². The largest absolute Gasteiger partial charge is 0.497 e. The number of nitrogens with zero attached hydrogens (tertiary/aromatic N) is 2. The average Bonchev–Trinajstić information content (AvgIpc) is 2.68. The van der Waals surface area contributed by atoms with Crippen LogP contribution in [0.5, 0.6) is 5.75 Å². The number of nitrogens with one attached hydrogen (secondary N) is 1. The third-order valence-corrected chi connectivity index (χ3v) is 3.86. The van der Waals surface area contributed by atoms with Crippen LogP contribution in [0.2, 0.25) is 0 Å². The Morgan fingerprint density at radius 1 is 1.15 bits per heavy atom. The fraction of sp³-hybridized carbons (Fsp3) is 0.368. The normalized spacial score (nSPS) is 10.3. The minimum atomic E-state index is -0.479. The molecule has 1 heterocycles. The van der Waals surface area contributed by atoms with E-state index in [1.807, 2.05) is 24.3 Å². The molecular weight excluding hydrogens is 350 g/mol. The number of carbonyl (C=O) groups excluding carboxylic acids is 1. The summed E-state index contributed by atoms with van der Waals surface area (Å²) < 4.78 is 10.3. The van der Waals surface area contributed by atoms with Gasteiger partial charge in [-0.2, -0.15) is 0 Å². The monoisotopic (exact) mass is 373 g/mol. The number of pyridine rings is 1. The Hall–Kier alpha value is -3.16. The van der Waals surface area contributed by atoms with Gasteiger partial charge in [0.15, 0.2) is 0 Å². The van der Waals surface area contributed by atoms with E-state index in [2.05, 4.69) is 10.3 Å². The van der Waals surface area contributed by atoms with E-state index in [1.165, 1.54) is 12.3 Å². The summed E-state index contributed by atoms with van der Waals surface area (Å²) in [5.41, 5.74) is 0.859. The van der Waals surface area contributed by atoms with E-state index < -0.39 is 4.92 Å². The van der Waals surface area contributed by atoms with Gasteiger partial charge in [-0.15, -0.1) is 0 Å². The van der Waals surface area contributed by atoms with Crippen LogP contribution in [0.4, 0.5) is 11.5 Å². The van der Waals surface area contributed by atoms with Gasteiger partial charge in [-0.1, -0.05) is 12.1 Å². The van der Waals surface area contributed by atoms with Gasteiger partial charge in [0, 0.05) is 12.6 Å². The standard InChI is InChI=1S/C19H23N3O5/c1-26-17-8-5-15(6-9-17)13-19(23)27-12-4-2-3-11-20-18-10-7-16(14-21-18)22(24)25/h5-10,14H,2-4,11-13H2,1H3,(H,20,21). The van der Waals surface area contributed by atoms with Crippen LogP contribution in [0.3, 0.4) is 0 Å². The number of hydrogen-bond donors (Lipinski definition) is 1. The molecule has 0 radical (unpaired) electrons. The lowest BCUT2D eigenvalue weighted by Crippen LogP contribution is -2.09. The lowest BCUT2D eigenvalue weighted by molar-refractivity contribution is -0.385. The molecule has 0 aliphatic heterocycles. The van der Waals surface area contributed by atoms with E-state index in [4.69, 9.17) is 9.47 Å². The number of aromatic nitrogens is 1. The molecule has 0 saturated heterocycles. The van der Waals surface area contributed by atoms with Crippen LogP contribution < -0.4 is 10.1 Å². The summed E-state index contributed by atoms with van der Waals surface area (Å²) in [5.74, 6) is 1.12. The molecule has 8 nitrogen and oxygen atoms in total. The number of ether oxygens (including phenoxy) is 2. The molecule has 0 atom stereocenters. The van der Waals surface area contributed by atoms with Crippen LogP contribution >= 0.6 is 0 Å². The molecule has 0 bridgehead atoms. The van der Waals surface area contributed by atoms with E-state index >= 15 is 0 Å². The SMILES string of the molecule is COc1ccc(CC(=O)OCCCCCNc2ccc([N+](=O)[O-])cn2)cc1. The molecule has 1 aromatic carbocycles. The van der Waals surface area contributed by atoms with Gasteiger partial charge in [-0.25, -0.2) is 4.98 Å². The maximum Gasteiger partial charge on any atom is 0.310 e. The van der Waals surface area contributed by atoms with E-state index in [0.29, 0.717) is 19.0 Å². The third kappa shape index (κ3) is 7.31. The predicted octanol–water partition coefficient (Wildman–Crippen LogP) is 3.37. The highest BCUT2D eigenvalue weighted by Crippen LogP contribution is 2.13. The minimum absolute atomic E-state index is 0.0306. The van der Waals surface area contributed by atoms with Gasteiger partial charge in [-0.05, 0) is 43.0 Å². The van der Waals surface area contributed by atoms with Gasteiger partial charge in [0.2, 0.25) is 0 Å². The summed E-state index contributed by atoms with van der Waals surface area (Å²) >= 11 is 0. The second kappa shape index (κ2) is 10.7. The number of benzene rings is 1. The molecule has 1 N–H and O–H groups in total. The molecule has 0 spiro atoms. The molecule has 0 saturated carbocycles. The molecule has 144 valence electrons. The van der Waals surface area contributed by atoms with Crippen molar-refractivity contribution in [2.75, 3.05) is 25.6 Å². The summed E-state index contributed by atoms with van der Waals surface area (Å²) in [6.45, 7) is 1.09. The van der Waals surface area contributed by atoms with Crippen molar-refractivity contribution in [3.63, 3.8) is 0 Å². The molecule has 27 heavy (non-hydrogen) atoms. The van der Waals surface area contributed by atoms with Crippen LogP contribution in [0.15, 0.2) is 42.6 Å². The average molecular weight is 373 g/mol. The highest BCUT2D eigenvalue weighted by molar-refractivity contribution is 5.72. The Labute approximate surface area is 157 Å². The Kier molecular flexibility index (Phi) is 8.02. The van der Waals surface area contributed by atoms with Gasteiger partial charge in [-0.3, -0.25) is 14.9 Å². The Morgan fingerprint density at radius 3 is 2.56 bits per heavy atom. The lowest BCUT2D eigenvalue weighted by Gasteiger charge is -2.07. The summed E-state index contributed by atoms with van der Waals surface area (Å²) in [5, 5.41) is 13.7. The van der Waals surface area contributed by atoms with Crippen LogP contribution in [-0.4, -0.2) is 36.1 Å². The first-order valence-corrected chi connectivity index (χ1v) is 8.71. The van der Waals surface area contributed by atoms with Crippen molar-refractivity contribution in [1.29, 1.82) is 0 Å². The van der Waals surface area contributed by atoms with Crippen molar-refractivity contribution in [3.05, 3.63) is 58.3 Å². The fourth-order valence-electron chi connectivity index (χ4n) is 2.37. The number of methoxy groups -OCH3 is 1. The van der Waals surface area contributed by atoms with Gasteiger partial charge < -0.3 is 14.8 Å². The molecule has 0 aliphatic rings. The van der Waals surface area contributed by atoms with E-state index in [9.17, 15) is 14.9 Å². The molecule has 8 heteroatoms. The summed E-state index contributed by atoms with van der Waals surface area (Å²) in [6, 6.07) is 10.3. The van der Waals surface area contributed by atoms with Crippen molar-refractivity contribution in [1.82, 2.24) is 4.98 Å². The van der Waals surface area contributed by atoms with Crippen LogP contribution in [0, 0.1) is 10.1 Å². The van der Waals surface area contributed by atoms with Gasteiger partial charge in [0.05, 0.1) is 25.1 Å². The first kappa shape index (κ1) is 20.2. The fourth-order valence-corrected chi connectivity index (χ4v) is 2.37. The van der Waals surface area contributed by atoms with E-state index in [0.717, 1.165) is 30.6 Å². The Bertz CT molecular complexity index is 732. The van der Waals surface area contributed by atoms with Gasteiger partial charge in [0.25, 0.3) is 5.69 Å². The molecule has 2 rings (SSSR count). The number of carbonyl (C=O) groups is 1. The highest BCUT2D eigenvalue weighted by atomic mass is 16.6. The maximum atomic E-state index is 11.8. The number of anilines is 1. The van der Waals surface area contributed by atoms with Crippen LogP contribution in [0.25, 0.3) is 0 Å². The van der Waals surface area contributed by atoms with E-state index in [1.54, 1.807) is 13.2 Å². The molecular formula is C19H23N3O5. The second-order valence-electron chi connectivity index (χ2n) is 5.89. The zero-order valence-electron chi connectivity index (χ0n) is 15.2. The number of unbranched alkanes of at least 4 members (excludes halogenated alkanes) is 2. The van der Waals surface area contributed by atoms with Crippen LogP contribution in [-0.2, 0) is 16.0 Å². The van der Waals surface area contributed by atoms with Crippen molar-refractivity contribution >= 4 is 17.5 Å². The van der Waals surface area contributed by atoms with Crippen molar-refractivity contribution in [2.24, 2.45) is 0 Å². The smallest absolute Gasteiger partial charge is 0.310 e. The molecule has 0 fully saturated rings. The molecule has 0 aliphatic carbocycles. The Morgan fingerprint density at radius 2 is 1.93 bits per heavy atom. The van der Waals surface area contributed by atoms with Crippen molar-refractivity contribution in [2.45, 2.75) is 25.7 Å². The van der Waals surface area contributed by atoms with Gasteiger partial charge >= 0.3 is 5.97 Å². The topological polar surface area (TPSA) is 104 Å². The quantitative estimate of drug-likeness (QED) is 0.279. The predicted molar refractivity (Wildman–Crippen MR) is 101 cm³/mol. The number of nitro groups is 1. The first-order valence-electron chi connectivity index (χ1n) is 8.71. The number of esters is 1. The zero-order valence-corrected chi connectivity index (χ0v) is 15.2. The summed E-state index contributed by atoms with van der Waals surface area (Å²) in [4.78, 5) is 25.8. The maximum absolute atomic E-state index is 11.8. The second-order valence-corrected chi connectivity index (χ2v) is 5.89. The Balaban J connectivity index is 1.53. The highest BCUT2D eigenvalue weighted by Gasteiger charge is 2.06. The summed E-state index contributed by atoms with van der Waals surface area (Å²) in [7, 11) is 1.60. The first-order chi connectivity index (χ1) is 13.1. The molecule has 2 aromatic rings. The van der Waals surface area contributed by atoms with E-state index in [-0.39, 0.29) is 18.1 Å². The zero-order chi connectivity index (χ0) is 19.5.